The van der Waals surface area contributed by atoms with E-state index in [0.29, 0.717) is 23.4 Å². The molecule has 28 heavy (non-hydrogen) atoms. The fourth-order valence-corrected chi connectivity index (χ4v) is 3.44. The van der Waals surface area contributed by atoms with E-state index in [1.807, 2.05) is 73.7 Å². The zero-order valence-electron chi connectivity index (χ0n) is 15.9. The molecular weight excluding hydrogens is 348 g/mol. The highest BCUT2D eigenvalue weighted by molar-refractivity contribution is 6.10. The van der Waals surface area contributed by atoms with Gasteiger partial charge in [0.15, 0.2) is 0 Å². The van der Waals surface area contributed by atoms with Crippen LogP contribution in [0.25, 0.3) is 5.76 Å². The van der Waals surface area contributed by atoms with Gasteiger partial charge in [-0.2, -0.15) is 0 Å². The Kier molecular flexibility index (Phi) is 4.62. The second-order valence-electron chi connectivity index (χ2n) is 7.02. The van der Waals surface area contributed by atoms with E-state index in [1.54, 1.807) is 0 Å². The Bertz CT molecular complexity index is 1060. The number of aliphatic hydroxyl groups is 1. The summed E-state index contributed by atoms with van der Waals surface area (Å²) in [5, 5.41) is 13.8. The van der Waals surface area contributed by atoms with Crippen LogP contribution in [0.1, 0.15) is 16.7 Å². The molecule has 1 aliphatic rings. The zero-order chi connectivity index (χ0) is 19.7. The number of hydrogen-bond donors (Lipinski definition) is 2. The predicted octanol–water partition coefficient (Wildman–Crippen LogP) is 5.36. The third kappa shape index (κ3) is 3.25. The number of carbonyl (C=O) groups is 1. The van der Waals surface area contributed by atoms with E-state index < -0.39 is 0 Å². The van der Waals surface area contributed by atoms with Crippen LogP contribution < -0.4 is 10.2 Å². The number of rotatable bonds is 3. The maximum atomic E-state index is 13.0. The van der Waals surface area contributed by atoms with Gasteiger partial charge >= 0.3 is 0 Å². The maximum Gasteiger partial charge on any atom is 0.257 e. The molecule has 0 saturated heterocycles. The molecule has 2 N–H and O–H groups in total. The molecule has 4 rings (SSSR count). The predicted molar refractivity (Wildman–Crippen MR) is 114 cm³/mol. The highest BCUT2D eigenvalue weighted by Crippen LogP contribution is 2.39. The van der Waals surface area contributed by atoms with Crippen LogP contribution in [0.2, 0.25) is 0 Å². The number of carbonyl (C=O) groups excluding carboxylic acids is 1. The molecule has 0 aliphatic carbocycles. The molecule has 1 amide bonds. The molecule has 1 aliphatic heterocycles. The molecule has 0 bridgehead atoms. The van der Waals surface area contributed by atoms with E-state index in [0.717, 1.165) is 22.5 Å². The fourth-order valence-electron chi connectivity index (χ4n) is 3.44. The molecule has 0 unspecified atom stereocenters. The van der Waals surface area contributed by atoms with Gasteiger partial charge in [-0.15, -0.1) is 0 Å². The van der Waals surface area contributed by atoms with Gasteiger partial charge in [0, 0.05) is 16.9 Å². The molecule has 0 spiro atoms. The average molecular weight is 370 g/mol. The van der Waals surface area contributed by atoms with Crippen LogP contribution in [0.15, 0.2) is 78.4 Å². The average Bonchev–Trinajstić information content (AvgIpc) is 2.71. The van der Waals surface area contributed by atoms with Crippen LogP contribution in [-0.4, -0.2) is 17.6 Å². The number of nitrogens with zero attached hydrogens (tertiary/aromatic N) is 1. The third-order valence-electron chi connectivity index (χ3n) is 5.13. The van der Waals surface area contributed by atoms with Gasteiger partial charge in [-0.3, -0.25) is 4.79 Å². The summed E-state index contributed by atoms with van der Waals surface area (Å²) in [6, 6.07) is 23.2. The first-order valence-electron chi connectivity index (χ1n) is 9.27. The van der Waals surface area contributed by atoms with Crippen LogP contribution in [0.5, 0.6) is 0 Å². The maximum absolute atomic E-state index is 13.0. The Morgan fingerprint density at radius 3 is 2.21 bits per heavy atom. The summed E-state index contributed by atoms with van der Waals surface area (Å²) < 4.78 is 0. The summed E-state index contributed by atoms with van der Waals surface area (Å²) in [5.74, 6) is -0.257. The molecule has 3 aromatic carbocycles. The van der Waals surface area contributed by atoms with Gasteiger partial charge in [0.25, 0.3) is 5.91 Å². The molecule has 4 nitrogen and oxygen atoms in total. The van der Waals surface area contributed by atoms with Gasteiger partial charge < -0.3 is 15.3 Å². The van der Waals surface area contributed by atoms with Crippen molar-refractivity contribution in [1.82, 2.24) is 0 Å². The summed E-state index contributed by atoms with van der Waals surface area (Å²) in [7, 11) is 0. The zero-order valence-corrected chi connectivity index (χ0v) is 15.9. The Hall–Kier alpha value is -3.53. The van der Waals surface area contributed by atoms with Gasteiger partial charge in [0.2, 0.25) is 0 Å². The number of para-hydroxylation sites is 2. The minimum Gasteiger partial charge on any atom is -0.507 e. The van der Waals surface area contributed by atoms with Crippen molar-refractivity contribution >= 4 is 28.7 Å². The number of amides is 1. The Balaban J connectivity index is 1.80. The monoisotopic (exact) mass is 370 g/mol. The van der Waals surface area contributed by atoms with Gasteiger partial charge in [0.1, 0.15) is 5.76 Å². The van der Waals surface area contributed by atoms with Crippen molar-refractivity contribution in [2.24, 2.45) is 0 Å². The second-order valence-corrected chi connectivity index (χ2v) is 7.02. The third-order valence-corrected chi connectivity index (χ3v) is 5.13. The lowest BCUT2D eigenvalue weighted by Crippen LogP contribution is -2.31. The highest BCUT2D eigenvalue weighted by atomic mass is 16.3. The Morgan fingerprint density at radius 1 is 0.929 bits per heavy atom. The largest absolute Gasteiger partial charge is 0.507 e. The number of anilines is 3. The quantitative estimate of drug-likeness (QED) is 0.652. The Labute approximate surface area is 164 Å². The minimum absolute atomic E-state index is 0.0405. The first kappa shape index (κ1) is 17.9. The summed E-state index contributed by atoms with van der Waals surface area (Å²) in [5.41, 5.74) is 5.82. The van der Waals surface area contributed by atoms with E-state index in [2.05, 4.69) is 23.2 Å². The van der Waals surface area contributed by atoms with E-state index >= 15 is 0 Å². The summed E-state index contributed by atoms with van der Waals surface area (Å²) in [6.45, 7) is 4.36. The standard InChI is InChI=1S/C24H22N2O2/c1-16-13-20-22(14-17(16)2)26(19-11-7-4-8-12-19)15-21(23(20)27)24(28)25-18-9-5-3-6-10-18/h3-14,27H,15H2,1-2H3,(H,25,28). The fraction of sp³-hybridized carbons (Fsp3) is 0.125. The molecule has 4 heteroatoms. The van der Waals surface area contributed by atoms with Crippen molar-refractivity contribution in [3.63, 3.8) is 0 Å². The van der Waals surface area contributed by atoms with Gasteiger partial charge in [-0.25, -0.2) is 0 Å². The number of nitrogens with one attached hydrogen (secondary N) is 1. The van der Waals surface area contributed by atoms with E-state index in [-0.39, 0.29) is 11.7 Å². The molecule has 0 aromatic heterocycles. The number of aryl methyl sites for hydroxylation is 2. The lowest BCUT2D eigenvalue weighted by molar-refractivity contribution is -0.112. The molecular formula is C24H22N2O2. The molecule has 140 valence electrons. The van der Waals surface area contributed by atoms with E-state index in [9.17, 15) is 9.90 Å². The van der Waals surface area contributed by atoms with Crippen LogP contribution in [0.4, 0.5) is 17.1 Å². The van der Waals surface area contributed by atoms with Crippen LogP contribution in [-0.2, 0) is 4.79 Å². The summed E-state index contributed by atoms with van der Waals surface area (Å²) in [4.78, 5) is 15.0. The number of fused-ring (bicyclic) bond motifs is 1. The summed E-state index contributed by atoms with van der Waals surface area (Å²) >= 11 is 0. The van der Waals surface area contributed by atoms with Crippen molar-refractivity contribution in [3.05, 3.63) is 95.1 Å². The molecule has 1 heterocycles. The molecule has 0 fully saturated rings. The van der Waals surface area contributed by atoms with Crippen LogP contribution in [0, 0.1) is 13.8 Å². The number of aliphatic hydroxyl groups excluding tert-OH is 1. The normalized spacial score (nSPS) is 13.3. The lowest BCUT2D eigenvalue weighted by Gasteiger charge is -2.33. The molecule has 0 atom stereocenters. The van der Waals surface area contributed by atoms with Crippen molar-refractivity contribution < 1.29 is 9.90 Å². The van der Waals surface area contributed by atoms with Crippen molar-refractivity contribution in [2.75, 3.05) is 16.8 Å². The van der Waals surface area contributed by atoms with E-state index in [1.165, 1.54) is 0 Å². The molecule has 0 radical (unpaired) electrons. The summed E-state index contributed by atoms with van der Waals surface area (Å²) in [6.07, 6.45) is 0. The van der Waals surface area contributed by atoms with Crippen LogP contribution in [0.3, 0.4) is 0 Å². The van der Waals surface area contributed by atoms with E-state index in [4.69, 9.17) is 0 Å². The first-order valence-corrected chi connectivity index (χ1v) is 9.27. The topological polar surface area (TPSA) is 52.6 Å². The van der Waals surface area contributed by atoms with Crippen molar-refractivity contribution in [3.8, 4) is 0 Å². The molecule has 0 saturated carbocycles. The lowest BCUT2D eigenvalue weighted by atomic mass is 9.95. The van der Waals surface area contributed by atoms with Gasteiger partial charge in [-0.05, 0) is 61.4 Å². The number of hydrogen-bond acceptors (Lipinski definition) is 3. The highest BCUT2D eigenvalue weighted by Gasteiger charge is 2.29. The van der Waals surface area contributed by atoms with Gasteiger partial charge in [0.05, 0.1) is 17.8 Å². The van der Waals surface area contributed by atoms with Crippen molar-refractivity contribution in [1.29, 1.82) is 0 Å². The SMILES string of the molecule is Cc1cc2c(cc1C)N(c1ccccc1)CC(C(=O)Nc1ccccc1)=C2O. The smallest absolute Gasteiger partial charge is 0.257 e. The first-order chi connectivity index (χ1) is 13.5. The van der Waals surface area contributed by atoms with Gasteiger partial charge in [-0.1, -0.05) is 36.4 Å². The molecule has 3 aromatic rings. The minimum atomic E-state index is -0.298. The second kappa shape index (κ2) is 7.24. The van der Waals surface area contributed by atoms with Crippen molar-refractivity contribution in [2.45, 2.75) is 13.8 Å². The number of benzene rings is 3. The van der Waals surface area contributed by atoms with Crippen LogP contribution >= 0.6 is 0 Å². The Morgan fingerprint density at radius 2 is 1.54 bits per heavy atom.